The Morgan fingerprint density at radius 1 is 1.27 bits per heavy atom. The number of hydrogen-bond acceptors (Lipinski definition) is 5. The minimum atomic E-state index is 0.270. The molecule has 22 heavy (non-hydrogen) atoms. The van der Waals surface area contributed by atoms with Crippen LogP contribution in [0.3, 0.4) is 0 Å². The minimum absolute atomic E-state index is 0.270. The standard InChI is InChI=1S/C13H13N7OS/c1-8-3-5-10(6-4-8)19-9(2)11(15-18-19)12-16-17-13(22)20(12)14-7-21/h3-7H,1-2H3,(H,14,21)(H,17,22). The van der Waals surface area contributed by atoms with E-state index < -0.39 is 0 Å². The summed E-state index contributed by atoms with van der Waals surface area (Å²) in [6.07, 6.45) is 0.522. The fraction of sp³-hybridized carbons (Fsp3) is 0.154. The number of nitrogens with one attached hydrogen (secondary N) is 2. The topological polar surface area (TPSA) is 93.4 Å². The summed E-state index contributed by atoms with van der Waals surface area (Å²) in [7, 11) is 0. The van der Waals surface area contributed by atoms with Crippen LogP contribution >= 0.6 is 12.2 Å². The predicted octanol–water partition coefficient (Wildman–Crippen LogP) is 1.51. The van der Waals surface area contributed by atoms with Gasteiger partial charge >= 0.3 is 0 Å². The molecule has 0 saturated carbocycles. The molecule has 9 heteroatoms. The lowest BCUT2D eigenvalue weighted by molar-refractivity contribution is -0.106. The molecule has 0 radical (unpaired) electrons. The molecule has 0 spiro atoms. The van der Waals surface area contributed by atoms with Crippen molar-refractivity contribution in [2.45, 2.75) is 13.8 Å². The number of aromatic nitrogens is 6. The summed E-state index contributed by atoms with van der Waals surface area (Å²) in [6.45, 7) is 3.89. The van der Waals surface area contributed by atoms with Crippen LogP contribution in [0.25, 0.3) is 17.2 Å². The van der Waals surface area contributed by atoms with E-state index in [-0.39, 0.29) is 4.77 Å². The molecule has 0 aliphatic rings. The molecular formula is C13H13N7OS. The smallest absolute Gasteiger partial charge is 0.226 e. The number of carbonyl (C=O) groups is 1. The molecular weight excluding hydrogens is 302 g/mol. The zero-order valence-electron chi connectivity index (χ0n) is 11.9. The lowest BCUT2D eigenvalue weighted by Gasteiger charge is -2.05. The molecule has 1 amide bonds. The molecule has 0 unspecified atom stereocenters. The lowest BCUT2D eigenvalue weighted by Crippen LogP contribution is -2.14. The maximum absolute atomic E-state index is 10.7. The van der Waals surface area contributed by atoms with E-state index in [9.17, 15) is 4.79 Å². The second kappa shape index (κ2) is 5.53. The molecule has 2 aromatic heterocycles. The molecule has 0 bridgehead atoms. The summed E-state index contributed by atoms with van der Waals surface area (Å²) in [5.41, 5.74) is 5.84. The van der Waals surface area contributed by atoms with Crippen molar-refractivity contribution in [2.24, 2.45) is 0 Å². The first-order chi connectivity index (χ1) is 10.6. The van der Waals surface area contributed by atoms with Gasteiger partial charge in [0.05, 0.1) is 11.4 Å². The number of aromatic amines is 1. The third kappa shape index (κ3) is 2.31. The van der Waals surface area contributed by atoms with Crippen LogP contribution in [-0.4, -0.2) is 36.3 Å². The van der Waals surface area contributed by atoms with Crippen LogP contribution in [0.4, 0.5) is 0 Å². The van der Waals surface area contributed by atoms with Crippen molar-refractivity contribution in [3.63, 3.8) is 0 Å². The Labute approximate surface area is 130 Å². The van der Waals surface area contributed by atoms with Gasteiger partial charge in [0.1, 0.15) is 0 Å². The summed E-state index contributed by atoms with van der Waals surface area (Å²) in [4.78, 5) is 10.7. The molecule has 2 heterocycles. The molecule has 3 aromatic rings. The normalized spacial score (nSPS) is 10.6. The Bertz CT molecular complexity index is 875. The molecule has 0 fully saturated rings. The number of amides is 1. The summed E-state index contributed by atoms with van der Waals surface area (Å²) in [6, 6.07) is 7.92. The summed E-state index contributed by atoms with van der Waals surface area (Å²) in [5.74, 6) is 0.396. The van der Waals surface area contributed by atoms with Gasteiger partial charge in [0.15, 0.2) is 5.69 Å². The van der Waals surface area contributed by atoms with E-state index in [0.29, 0.717) is 17.9 Å². The zero-order valence-corrected chi connectivity index (χ0v) is 12.8. The number of H-pyrrole nitrogens is 1. The van der Waals surface area contributed by atoms with Gasteiger partial charge in [-0.2, -0.15) is 5.10 Å². The highest BCUT2D eigenvalue weighted by atomic mass is 32.1. The maximum atomic E-state index is 10.7. The van der Waals surface area contributed by atoms with Gasteiger partial charge in [-0.3, -0.25) is 10.2 Å². The molecule has 0 atom stereocenters. The third-order valence-electron chi connectivity index (χ3n) is 3.24. The molecule has 112 valence electrons. The van der Waals surface area contributed by atoms with Crippen molar-refractivity contribution in [2.75, 3.05) is 5.43 Å². The third-order valence-corrected chi connectivity index (χ3v) is 3.51. The van der Waals surface area contributed by atoms with E-state index in [1.807, 2.05) is 38.1 Å². The van der Waals surface area contributed by atoms with E-state index in [1.54, 1.807) is 4.68 Å². The van der Waals surface area contributed by atoms with Crippen LogP contribution in [0.1, 0.15) is 11.3 Å². The highest BCUT2D eigenvalue weighted by molar-refractivity contribution is 7.71. The van der Waals surface area contributed by atoms with Gasteiger partial charge in [0.2, 0.25) is 17.0 Å². The lowest BCUT2D eigenvalue weighted by atomic mass is 10.2. The Kier molecular flexibility index (Phi) is 3.55. The predicted molar refractivity (Wildman–Crippen MR) is 82.7 cm³/mol. The van der Waals surface area contributed by atoms with Crippen molar-refractivity contribution in [1.82, 2.24) is 29.9 Å². The number of carbonyl (C=O) groups excluding carboxylic acids is 1. The van der Waals surface area contributed by atoms with Crippen molar-refractivity contribution in [1.29, 1.82) is 0 Å². The van der Waals surface area contributed by atoms with E-state index >= 15 is 0 Å². The summed E-state index contributed by atoms with van der Waals surface area (Å²) in [5, 5.41) is 15.0. The Hall–Kier alpha value is -2.81. The first-order valence-electron chi connectivity index (χ1n) is 6.49. The second-order valence-corrected chi connectivity index (χ2v) is 5.09. The molecule has 0 aliphatic heterocycles. The number of benzene rings is 1. The van der Waals surface area contributed by atoms with E-state index in [1.165, 1.54) is 4.68 Å². The molecule has 0 aliphatic carbocycles. The van der Waals surface area contributed by atoms with E-state index in [2.05, 4.69) is 25.9 Å². The van der Waals surface area contributed by atoms with Gasteiger partial charge in [0, 0.05) is 0 Å². The number of rotatable bonds is 4. The molecule has 8 nitrogen and oxygen atoms in total. The van der Waals surface area contributed by atoms with Gasteiger partial charge < -0.3 is 0 Å². The van der Waals surface area contributed by atoms with Crippen molar-refractivity contribution < 1.29 is 4.79 Å². The largest absolute Gasteiger partial charge is 0.277 e. The first-order valence-corrected chi connectivity index (χ1v) is 6.90. The Balaban J connectivity index is 2.09. The maximum Gasteiger partial charge on any atom is 0.226 e. The summed E-state index contributed by atoms with van der Waals surface area (Å²) >= 11 is 5.06. The number of hydrogen-bond donors (Lipinski definition) is 2. The van der Waals surface area contributed by atoms with Crippen LogP contribution in [-0.2, 0) is 4.79 Å². The van der Waals surface area contributed by atoms with Crippen LogP contribution in [0.2, 0.25) is 0 Å². The first kappa shape index (κ1) is 14.1. The van der Waals surface area contributed by atoms with E-state index in [4.69, 9.17) is 12.2 Å². The van der Waals surface area contributed by atoms with Gasteiger partial charge in [-0.15, -0.1) is 5.10 Å². The minimum Gasteiger partial charge on any atom is -0.277 e. The van der Waals surface area contributed by atoms with Crippen molar-refractivity contribution >= 4 is 18.6 Å². The fourth-order valence-corrected chi connectivity index (χ4v) is 2.28. The van der Waals surface area contributed by atoms with Gasteiger partial charge in [-0.25, -0.2) is 14.5 Å². The average Bonchev–Trinajstić information content (AvgIpc) is 3.05. The highest BCUT2D eigenvalue weighted by Crippen LogP contribution is 2.20. The Morgan fingerprint density at radius 2 is 2.00 bits per heavy atom. The molecule has 3 rings (SSSR count). The quantitative estimate of drug-likeness (QED) is 0.562. The van der Waals surface area contributed by atoms with Gasteiger partial charge in [-0.05, 0) is 38.2 Å². The zero-order chi connectivity index (χ0) is 15.7. The number of aryl methyl sites for hydroxylation is 1. The van der Waals surface area contributed by atoms with Gasteiger partial charge in [-0.1, -0.05) is 22.9 Å². The van der Waals surface area contributed by atoms with Gasteiger partial charge in [0.25, 0.3) is 0 Å². The van der Waals surface area contributed by atoms with Crippen LogP contribution in [0, 0.1) is 18.6 Å². The van der Waals surface area contributed by atoms with Crippen LogP contribution < -0.4 is 5.43 Å². The summed E-state index contributed by atoms with van der Waals surface area (Å²) < 4.78 is 3.32. The van der Waals surface area contributed by atoms with Crippen molar-refractivity contribution in [3.05, 3.63) is 40.3 Å². The monoisotopic (exact) mass is 315 g/mol. The number of nitrogens with zero attached hydrogens (tertiary/aromatic N) is 5. The van der Waals surface area contributed by atoms with Crippen molar-refractivity contribution in [3.8, 4) is 17.2 Å². The Morgan fingerprint density at radius 3 is 2.68 bits per heavy atom. The fourth-order valence-electron chi connectivity index (χ4n) is 2.10. The molecule has 2 N–H and O–H groups in total. The SMILES string of the molecule is Cc1ccc(-n2nnc(-c3n[nH]c(=S)n3NC=O)c2C)cc1. The molecule has 1 aromatic carbocycles. The second-order valence-electron chi connectivity index (χ2n) is 4.71. The average molecular weight is 315 g/mol. The van der Waals surface area contributed by atoms with Crippen LogP contribution in [0.5, 0.6) is 0 Å². The molecule has 0 saturated heterocycles. The van der Waals surface area contributed by atoms with Crippen LogP contribution in [0.15, 0.2) is 24.3 Å². The highest BCUT2D eigenvalue weighted by Gasteiger charge is 2.18. The van der Waals surface area contributed by atoms with E-state index in [0.717, 1.165) is 16.9 Å².